The van der Waals surface area contributed by atoms with Gasteiger partial charge >= 0.3 is 0 Å². The average Bonchev–Trinajstić information content (AvgIpc) is 2.84. The van der Waals surface area contributed by atoms with Gasteiger partial charge in [0.05, 0.1) is 29.4 Å². The van der Waals surface area contributed by atoms with Gasteiger partial charge in [0, 0.05) is 31.2 Å². The summed E-state index contributed by atoms with van der Waals surface area (Å²) < 4.78 is 33.6. The number of anilines is 1. The Balaban J connectivity index is 1.37. The van der Waals surface area contributed by atoms with Crippen LogP contribution in [0.5, 0.6) is 0 Å². The number of hydrogen-bond acceptors (Lipinski definition) is 5. The Hall–Kier alpha value is -2.13. The van der Waals surface area contributed by atoms with Crippen LogP contribution in [0.1, 0.15) is 29.6 Å². The molecule has 1 N–H and O–H groups in total. The number of ether oxygens (including phenoxy) is 1. The number of nitrogens with zero attached hydrogens (tertiary/aromatic N) is 2. The number of para-hydroxylation sites is 1. The monoisotopic (exact) mass is 491 g/mol. The summed E-state index contributed by atoms with van der Waals surface area (Å²) in [6.07, 6.45) is 3.07. The Kier molecular flexibility index (Phi) is 7.90. The van der Waals surface area contributed by atoms with E-state index < -0.39 is 10.0 Å². The number of piperidine rings is 1. The normalized spacial score (nSPS) is 18.3. The van der Waals surface area contributed by atoms with Gasteiger partial charge in [-0.1, -0.05) is 23.7 Å². The smallest absolute Gasteiger partial charge is 0.261 e. The van der Waals surface area contributed by atoms with E-state index in [2.05, 4.69) is 9.62 Å². The highest BCUT2D eigenvalue weighted by molar-refractivity contribution is 7.92. The van der Waals surface area contributed by atoms with E-state index in [4.69, 9.17) is 16.3 Å². The largest absolute Gasteiger partial charge is 0.379 e. The highest BCUT2D eigenvalue weighted by atomic mass is 35.5. The minimum atomic E-state index is -3.84. The summed E-state index contributed by atoms with van der Waals surface area (Å²) in [5, 5.41) is 0.456. The zero-order valence-corrected chi connectivity index (χ0v) is 20.2. The lowest BCUT2D eigenvalue weighted by Crippen LogP contribution is -2.41. The molecule has 0 spiro atoms. The summed E-state index contributed by atoms with van der Waals surface area (Å²) in [5.74, 6) is 0.464. The molecule has 0 unspecified atom stereocenters. The highest BCUT2D eigenvalue weighted by Gasteiger charge is 2.26. The van der Waals surface area contributed by atoms with Crippen LogP contribution in [-0.2, 0) is 14.8 Å². The lowest BCUT2D eigenvalue weighted by molar-refractivity contribution is 0.0332. The van der Waals surface area contributed by atoms with Crippen LogP contribution < -0.4 is 4.72 Å². The van der Waals surface area contributed by atoms with E-state index in [0.717, 1.165) is 52.1 Å². The molecular weight excluding hydrogens is 462 g/mol. The zero-order chi connectivity index (χ0) is 23.3. The second-order valence-corrected chi connectivity index (χ2v) is 10.7. The molecule has 2 aromatic rings. The van der Waals surface area contributed by atoms with E-state index in [9.17, 15) is 13.2 Å². The first kappa shape index (κ1) is 24.0. The third-order valence-electron chi connectivity index (χ3n) is 6.38. The molecule has 9 heteroatoms. The van der Waals surface area contributed by atoms with Crippen molar-refractivity contribution in [3.05, 3.63) is 59.1 Å². The Morgan fingerprint density at radius 2 is 1.67 bits per heavy atom. The van der Waals surface area contributed by atoms with E-state index in [1.807, 2.05) is 4.90 Å². The van der Waals surface area contributed by atoms with Crippen molar-refractivity contribution in [1.82, 2.24) is 9.80 Å². The Bertz CT molecular complexity index is 1050. The molecule has 0 atom stereocenters. The Morgan fingerprint density at radius 3 is 2.36 bits per heavy atom. The summed E-state index contributed by atoms with van der Waals surface area (Å²) in [6.45, 7) is 6.08. The summed E-state index contributed by atoms with van der Waals surface area (Å²) in [7, 11) is -3.84. The third kappa shape index (κ3) is 6.26. The van der Waals surface area contributed by atoms with Gasteiger partial charge in [-0.05, 0) is 68.1 Å². The molecule has 2 heterocycles. The molecule has 2 aliphatic rings. The number of amides is 1. The molecule has 2 fully saturated rings. The number of sulfonamides is 1. The van der Waals surface area contributed by atoms with Gasteiger partial charge < -0.3 is 9.64 Å². The number of carbonyl (C=O) groups is 1. The van der Waals surface area contributed by atoms with Crippen LogP contribution in [0.25, 0.3) is 0 Å². The maximum atomic E-state index is 13.3. The standard InChI is InChI=1S/C24H30ClN3O4S/c25-20-5-7-21(8-6-20)33(30,31)26-23-4-2-1-3-22(23)24(29)28-13-10-19(11-14-28)9-12-27-15-17-32-18-16-27/h1-8,19,26H,9-18H2. The fourth-order valence-electron chi connectivity index (χ4n) is 4.36. The minimum absolute atomic E-state index is 0.0928. The van der Waals surface area contributed by atoms with Crippen LogP contribution in [0.2, 0.25) is 5.02 Å². The van der Waals surface area contributed by atoms with Crippen LogP contribution in [-0.4, -0.2) is 70.1 Å². The second-order valence-electron chi connectivity index (χ2n) is 8.58. The average molecular weight is 492 g/mol. The maximum Gasteiger partial charge on any atom is 0.261 e. The summed E-state index contributed by atoms with van der Waals surface area (Å²) in [5.41, 5.74) is 0.647. The van der Waals surface area contributed by atoms with Crippen LogP contribution in [0.4, 0.5) is 5.69 Å². The fourth-order valence-corrected chi connectivity index (χ4v) is 5.57. The lowest BCUT2D eigenvalue weighted by atomic mass is 9.93. The number of carbonyl (C=O) groups excluding carboxylic acids is 1. The van der Waals surface area contributed by atoms with Crippen molar-refractivity contribution in [3.8, 4) is 0 Å². The van der Waals surface area contributed by atoms with E-state index >= 15 is 0 Å². The number of likely N-dealkylation sites (tertiary alicyclic amines) is 1. The molecular formula is C24H30ClN3O4S. The molecule has 0 aliphatic carbocycles. The number of benzene rings is 2. The third-order valence-corrected chi connectivity index (χ3v) is 8.02. The van der Waals surface area contributed by atoms with Crippen molar-refractivity contribution in [2.75, 3.05) is 50.7 Å². The number of rotatable bonds is 7. The fraction of sp³-hybridized carbons (Fsp3) is 0.458. The first-order chi connectivity index (χ1) is 15.9. The quantitative estimate of drug-likeness (QED) is 0.638. The number of halogens is 1. The second kappa shape index (κ2) is 10.9. The maximum absolute atomic E-state index is 13.3. The van der Waals surface area contributed by atoms with Crippen molar-refractivity contribution < 1.29 is 17.9 Å². The number of nitrogens with one attached hydrogen (secondary N) is 1. The molecule has 2 aliphatic heterocycles. The molecule has 0 radical (unpaired) electrons. The first-order valence-electron chi connectivity index (χ1n) is 11.4. The van der Waals surface area contributed by atoms with E-state index in [1.54, 1.807) is 24.3 Å². The van der Waals surface area contributed by atoms with E-state index in [0.29, 0.717) is 29.6 Å². The molecule has 33 heavy (non-hydrogen) atoms. The molecule has 4 rings (SSSR count). The lowest BCUT2D eigenvalue weighted by Gasteiger charge is -2.34. The minimum Gasteiger partial charge on any atom is -0.379 e. The molecule has 1 amide bonds. The van der Waals surface area contributed by atoms with Gasteiger partial charge in [-0.25, -0.2) is 8.42 Å². The SMILES string of the molecule is O=C(c1ccccc1NS(=O)(=O)c1ccc(Cl)cc1)N1CCC(CCN2CCOCC2)CC1. The predicted octanol–water partition coefficient (Wildman–Crippen LogP) is 3.72. The van der Waals surface area contributed by atoms with Crippen LogP contribution in [0.15, 0.2) is 53.4 Å². The van der Waals surface area contributed by atoms with Crippen LogP contribution in [0.3, 0.4) is 0 Å². The van der Waals surface area contributed by atoms with Crippen LogP contribution in [0, 0.1) is 5.92 Å². The molecule has 178 valence electrons. The summed E-state index contributed by atoms with van der Waals surface area (Å²) in [4.78, 5) is 17.6. The number of morpholine rings is 1. The Morgan fingerprint density at radius 1 is 1.00 bits per heavy atom. The van der Waals surface area contributed by atoms with E-state index in [1.165, 1.54) is 24.3 Å². The van der Waals surface area contributed by atoms with Gasteiger partial charge in [-0.15, -0.1) is 0 Å². The molecule has 2 aromatic carbocycles. The zero-order valence-electron chi connectivity index (χ0n) is 18.6. The molecule has 0 aromatic heterocycles. The van der Waals surface area contributed by atoms with E-state index in [-0.39, 0.29) is 16.5 Å². The topological polar surface area (TPSA) is 79.0 Å². The van der Waals surface area contributed by atoms with Gasteiger partial charge in [-0.3, -0.25) is 14.4 Å². The summed E-state index contributed by atoms with van der Waals surface area (Å²) in [6, 6.07) is 12.7. The predicted molar refractivity (Wildman–Crippen MR) is 129 cm³/mol. The Labute approximate surface area is 200 Å². The van der Waals surface area contributed by atoms with Gasteiger partial charge in [0.15, 0.2) is 0 Å². The molecule has 2 saturated heterocycles. The molecule has 0 saturated carbocycles. The highest BCUT2D eigenvalue weighted by Crippen LogP contribution is 2.26. The first-order valence-corrected chi connectivity index (χ1v) is 13.3. The van der Waals surface area contributed by atoms with Crippen molar-refractivity contribution in [3.63, 3.8) is 0 Å². The molecule has 7 nitrogen and oxygen atoms in total. The van der Waals surface area contributed by atoms with Gasteiger partial charge in [-0.2, -0.15) is 0 Å². The van der Waals surface area contributed by atoms with Crippen molar-refractivity contribution >= 4 is 33.2 Å². The van der Waals surface area contributed by atoms with Crippen molar-refractivity contribution in [2.45, 2.75) is 24.2 Å². The van der Waals surface area contributed by atoms with Gasteiger partial charge in [0.25, 0.3) is 15.9 Å². The van der Waals surface area contributed by atoms with Crippen LogP contribution >= 0.6 is 11.6 Å². The summed E-state index contributed by atoms with van der Waals surface area (Å²) >= 11 is 5.87. The van der Waals surface area contributed by atoms with Crippen molar-refractivity contribution in [1.29, 1.82) is 0 Å². The van der Waals surface area contributed by atoms with Gasteiger partial charge in [0.2, 0.25) is 0 Å². The number of hydrogen-bond donors (Lipinski definition) is 1. The van der Waals surface area contributed by atoms with Gasteiger partial charge in [0.1, 0.15) is 0 Å². The van der Waals surface area contributed by atoms with Crippen molar-refractivity contribution in [2.24, 2.45) is 5.92 Å². The molecule has 0 bridgehead atoms.